The highest BCUT2D eigenvalue weighted by atomic mass is 32.1. The number of thiazole rings is 1. The zero-order valence-electron chi connectivity index (χ0n) is 16.6. The second-order valence-electron chi connectivity index (χ2n) is 6.77. The summed E-state index contributed by atoms with van der Waals surface area (Å²) < 4.78 is 12.9. The van der Waals surface area contributed by atoms with Gasteiger partial charge in [-0.1, -0.05) is 42.0 Å². The molecule has 0 aliphatic rings. The molecule has 0 atom stereocenters. The third kappa shape index (κ3) is 6.66. The molecule has 156 valence electrons. The van der Waals surface area contributed by atoms with Crippen LogP contribution in [0.5, 0.6) is 0 Å². The largest absolute Gasteiger partial charge is 0.354 e. The minimum Gasteiger partial charge on any atom is -0.354 e. The van der Waals surface area contributed by atoms with Gasteiger partial charge in [0.2, 0.25) is 5.91 Å². The Morgan fingerprint density at radius 3 is 2.47 bits per heavy atom. The van der Waals surface area contributed by atoms with E-state index >= 15 is 0 Å². The van der Waals surface area contributed by atoms with Crippen LogP contribution in [-0.2, 0) is 17.8 Å². The molecule has 1 heterocycles. The quantitative estimate of drug-likeness (QED) is 0.516. The summed E-state index contributed by atoms with van der Waals surface area (Å²) in [6, 6.07) is 13.6. The van der Waals surface area contributed by atoms with Crippen molar-refractivity contribution in [2.45, 2.75) is 19.9 Å². The van der Waals surface area contributed by atoms with Crippen LogP contribution in [0, 0.1) is 12.7 Å². The van der Waals surface area contributed by atoms with Gasteiger partial charge in [0, 0.05) is 30.5 Å². The number of urea groups is 1. The van der Waals surface area contributed by atoms with Crippen molar-refractivity contribution in [1.82, 2.24) is 20.9 Å². The number of carbonyl (C=O) groups excluding carboxylic acids is 2. The number of rotatable bonds is 8. The summed E-state index contributed by atoms with van der Waals surface area (Å²) in [5, 5.41) is 10.8. The van der Waals surface area contributed by atoms with Gasteiger partial charge in [0.25, 0.3) is 0 Å². The molecule has 0 radical (unpaired) electrons. The number of hydrogen-bond donors (Lipinski definition) is 3. The molecule has 1 aromatic heterocycles. The molecular weight excluding hydrogens is 403 g/mol. The summed E-state index contributed by atoms with van der Waals surface area (Å²) >= 11 is 1.58. The van der Waals surface area contributed by atoms with E-state index in [0.29, 0.717) is 13.0 Å². The molecule has 0 fully saturated rings. The Labute approximate surface area is 178 Å². The number of amides is 3. The van der Waals surface area contributed by atoms with E-state index in [2.05, 4.69) is 33.1 Å². The first kappa shape index (κ1) is 21.4. The van der Waals surface area contributed by atoms with Crippen molar-refractivity contribution < 1.29 is 14.0 Å². The van der Waals surface area contributed by atoms with Gasteiger partial charge < -0.3 is 16.0 Å². The Balaban J connectivity index is 1.33. The molecule has 0 aliphatic heterocycles. The molecule has 0 aliphatic carbocycles. The predicted molar refractivity (Wildman–Crippen MR) is 116 cm³/mol. The van der Waals surface area contributed by atoms with E-state index in [-0.39, 0.29) is 24.8 Å². The molecular formula is C22H23FN4O2S. The maximum Gasteiger partial charge on any atom is 0.315 e. The Kier molecular flexibility index (Phi) is 7.51. The van der Waals surface area contributed by atoms with Gasteiger partial charge in [-0.25, -0.2) is 14.2 Å². The minimum atomic E-state index is -0.461. The van der Waals surface area contributed by atoms with E-state index in [0.717, 1.165) is 21.8 Å². The van der Waals surface area contributed by atoms with Crippen LogP contribution < -0.4 is 16.0 Å². The monoisotopic (exact) mass is 426 g/mol. The van der Waals surface area contributed by atoms with Crippen molar-refractivity contribution in [3.05, 3.63) is 76.5 Å². The number of nitrogens with one attached hydrogen (secondary N) is 3. The third-order valence-electron chi connectivity index (χ3n) is 4.33. The first-order valence-electron chi connectivity index (χ1n) is 9.54. The Hall–Kier alpha value is -3.26. The summed E-state index contributed by atoms with van der Waals surface area (Å²) in [6.07, 6.45) is 0.616. The lowest BCUT2D eigenvalue weighted by Gasteiger charge is -2.08. The molecule has 0 bridgehead atoms. The highest BCUT2D eigenvalue weighted by Gasteiger charge is 2.07. The predicted octanol–water partition coefficient (Wildman–Crippen LogP) is 3.42. The van der Waals surface area contributed by atoms with Crippen molar-refractivity contribution in [2.24, 2.45) is 0 Å². The summed E-state index contributed by atoms with van der Waals surface area (Å²) in [5.41, 5.74) is 3.97. The molecule has 3 aromatic rings. The maximum absolute atomic E-state index is 12.9. The molecule has 2 aromatic carbocycles. The summed E-state index contributed by atoms with van der Waals surface area (Å²) in [7, 11) is 0. The van der Waals surface area contributed by atoms with Crippen molar-refractivity contribution in [1.29, 1.82) is 0 Å². The standard InChI is InChI=1S/C22H23FN4O2S/c1-15-2-6-17(7-3-15)21-27-19(14-30-21)10-11-24-20(28)13-26-22(29)25-12-16-4-8-18(23)9-5-16/h2-9,14H,10-13H2,1H3,(H,24,28)(H2,25,26,29). The SMILES string of the molecule is Cc1ccc(-c2nc(CCNC(=O)CNC(=O)NCc3ccc(F)cc3)cs2)cc1. The normalized spacial score (nSPS) is 10.5. The van der Waals surface area contributed by atoms with E-state index in [1.807, 2.05) is 24.4 Å². The van der Waals surface area contributed by atoms with Gasteiger partial charge in [-0.3, -0.25) is 4.79 Å². The van der Waals surface area contributed by atoms with E-state index in [1.54, 1.807) is 23.5 Å². The highest BCUT2D eigenvalue weighted by molar-refractivity contribution is 7.13. The lowest BCUT2D eigenvalue weighted by Crippen LogP contribution is -2.42. The van der Waals surface area contributed by atoms with Gasteiger partial charge in [-0.15, -0.1) is 11.3 Å². The zero-order chi connectivity index (χ0) is 21.3. The summed E-state index contributed by atoms with van der Waals surface area (Å²) in [6.45, 7) is 2.61. The fourth-order valence-corrected chi connectivity index (χ4v) is 3.51. The molecule has 6 nitrogen and oxygen atoms in total. The van der Waals surface area contributed by atoms with Crippen LogP contribution in [-0.4, -0.2) is 30.0 Å². The molecule has 0 unspecified atom stereocenters. The molecule has 0 saturated heterocycles. The Morgan fingerprint density at radius 2 is 1.73 bits per heavy atom. The van der Waals surface area contributed by atoms with Gasteiger partial charge in [-0.05, 0) is 24.6 Å². The molecule has 3 N–H and O–H groups in total. The summed E-state index contributed by atoms with van der Waals surface area (Å²) in [5.74, 6) is -0.607. The molecule has 0 saturated carbocycles. The number of benzene rings is 2. The second kappa shape index (κ2) is 10.5. The van der Waals surface area contributed by atoms with Crippen LogP contribution in [0.15, 0.2) is 53.9 Å². The van der Waals surface area contributed by atoms with Gasteiger partial charge in [0.05, 0.1) is 12.2 Å². The van der Waals surface area contributed by atoms with Gasteiger partial charge in [0.15, 0.2) is 0 Å². The van der Waals surface area contributed by atoms with Crippen LogP contribution in [0.4, 0.5) is 9.18 Å². The average molecular weight is 427 g/mol. The van der Waals surface area contributed by atoms with E-state index in [1.165, 1.54) is 17.7 Å². The molecule has 8 heteroatoms. The molecule has 3 rings (SSSR count). The van der Waals surface area contributed by atoms with Crippen molar-refractivity contribution in [3.63, 3.8) is 0 Å². The lowest BCUT2D eigenvalue weighted by molar-refractivity contribution is -0.120. The fraction of sp³-hybridized carbons (Fsp3) is 0.227. The Morgan fingerprint density at radius 1 is 1.00 bits per heavy atom. The van der Waals surface area contributed by atoms with Crippen molar-refractivity contribution >= 4 is 23.3 Å². The molecule has 3 amide bonds. The number of hydrogen-bond acceptors (Lipinski definition) is 4. The van der Waals surface area contributed by atoms with Gasteiger partial charge >= 0.3 is 6.03 Å². The summed E-state index contributed by atoms with van der Waals surface area (Å²) in [4.78, 5) is 28.3. The van der Waals surface area contributed by atoms with Crippen LogP contribution in [0.25, 0.3) is 10.6 Å². The Bertz CT molecular complexity index is 987. The third-order valence-corrected chi connectivity index (χ3v) is 5.27. The van der Waals surface area contributed by atoms with Gasteiger partial charge in [-0.2, -0.15) is 0 Å². The number of nitrogens with zero attached hydrogens (tertiary/aromatic N) is 1. The number of aromatic nitrogens is 1. The van der Waals surface area contributed by atoms with Crippen LogP contribution in [0.3, 0.4) is 0 Å². The second-order valence-corrected chi connectivity index (χ2v) is 7.63. The van der Waals surface area contributed by atoms with Crippen molar-refractivity contribution in [3.8, 4) is 10.6 Å². The average Bonchev–Trinajstić information content (AvgIpc) is 3.21. The highest BCUT2D eigenvalue weighted by Crippen LogP contribution is 2.24. The molecule has 0 spiro atoms. The first-order valence-corrected chi connectivity index (χ1v) is 10.4. The van der Waals surface area contributed by atoms with Crippen LogP contribution >= 0.6 is 11.3 Å². The van der Waals surface area contributed by atoms with Crippen molar-refractivity contribution in [2.75, 3.05) is 13.1 Å². The van der Waals surface area contributed by atoms with E-state index < -0.39 is 6.03 Å². The maximum atomic E-state index is 12.9. The topological polar surface area (TPSA) is 83.1 Å². The van der Waals surface area contributed by atoms with Crippen LogP contribution in [0.1, 0.15) is 16.8 Å². The lowest BCUT2D eigenvalue weighted by atomic mass is 10.2. The van der Waals surface area contributed by atoms with Crippen LogP contribution in [0.2, 0.25) is 0 Å². The van der Waals surface area contributed by atoms with E-state index in [4.69, 9.17) is 0 Å². The number of aryl methyl sites for hydroxylation is 1. The number of carbonyl (C=O) groups is 2. The smallest absolute Gasteiger partial charge is 0.315 e. The fourth-order valence-electron chi connectivity index (χ4n) is 2.65. The first-order chi connectivity index (χ1) is 14.5. The van der Waals surface area contributed by atoms with E-state index in [9.17, 15) is 14.0 Å². The molecule has 30 heavy (non-hydrogen) atoms. The zero-order valence-corrected chi connectivity index (χ0v) is 17.4. The number of halogens is 1. The van der Waals surface area contributed by atoms with Gasteiger partial charge in [0.1, 0.15) is 10.8 Å². The minimum absolute atomic E-state index is 0.124.